The van der Waals surface area contributed by atoms with E-state index in [0.717, 1.165) is 12.8 Å². The molecule has 4 amide bonds. The molecule has 10 heteroatoms. The van der Waals surface area contributed by atoms with Crippen LogP contribution in [-0.2, 0) is 19.1 Å². The van der Waals surface area contributed by atoms with Gasteiger partial charge in [-0.15, -0.1) is 0 Å². The van der Waals surface area contributed by atoms with Gasteiger partial charge in [-0.1, -0.05) is 33.6 Å². The molecule has 1 saturated carbocycles. The van der Waals surface area contributed by atoms with E-state index in [0.29, 0.717) is 25.3 Å². The topological polar surface area (TPSA) is 149 Å². The van der Waals surface area contributed by atoms with E-state index in [1.807, 2.05) is 20.8 Å². The summed E-state index contributed by atoms with van der Waals surface area (Å²) >= 11 is 0. The van der Waals surface area contributed by atoms with Gasteiger partial charge in [-0.05, 0) is 51.4 Å². The standard InChI is InChI=1S/C24H39N5O5/c1-23(2,3)18(29-22(33)34-24(4,5)6)21(32)28-17(11-14-7-8-14)20(31)27-16(13-25)12-15-9-10-26-19(15)30/h14-18H,7-12H2,1-6H3,(H,26,30)(H,27,31)(H,28,32)(H,29,33)/t15-,16-,17-,18+/m0/s1. The van der Waals surface area contributed by atoms with Crippen molar-refractivity contribution >= 4 is 23.8 Å². The van der Waals surface area contributed by atoms with Crippen molar-refractivity contribution in [2.24, 2.45) is 17.3 Å². The Balaban J connectivity index is 2.07. The predicted octanol–water partition coefficient (Wildman–Crippen LogP) is 1.75. The van der Waals surface area contributed by atoms with Crippen molar-refractivity contribution in [3.8, 4) is 6.07 Å². The number of hydrogen-bond donors (Lipinski definition) is 4. The van der Waals surface area contributed by atoms with Crippen LogP contribution in [-0.4, -0.2) is 54.1 Å². The molecule has 2 rings (SSSR count). The minimum atomic E-state index is -0.939. The lowest BCUT2D eigenvalue weighted by Gasteiger charge is -2.32. The molecule has 0 spiro atoms. The molecule has 0 radical (unpaired) electrons. The number of alkyl carbamates (subject to hydrolysis) is 1. The number of ether oxygens (including phenoxy) is 1. The van der Waals surface area contributed by atoms with Crippen molar-refractivity contribution in [3.05, 3.63) is 0 Å². The van der Waals surface area contributed by atoms with Gasteiger partial charge in [0.1, 0.15) is 23.7 Å². The summed E-state index contributed by atoms with van der Waals surface area (Å²) in [6.45, 7) is 11.2. The number of nitrogens with zero attached hydrogens (tertiary/aromatic N) is 1. The zero-order chi connectivity index (χ0) is 25.7. The summed E-state index contributed by atoms with van der Waals surface area (Å²) in [5.74, 6) is -1.06. The molecular formula is C24H39N5O5. The van der Waals surface area contributed by atoms with Crippen molar-refractivity contribution in [2.45, 2.75) is 97.4 Å². The quantitative estimate of drug-likeness (QED) is 0.397. The maximum absolute atomic E-state index is 13.2. The summed E-state index contributed by atoms with van der Waals surface area (Å²) < 4.78 is 5.30. The summed E-state index contributed by atoms with van der Waals surface area (Å²) in [5, 5.41) is 20.4. The van der Waals surface area contributed by atoms with Crippen LogP contribution in [0.25, 0.3) is 0 Å². The fraction of sp³-hybridized carbons (Fsp3) is 0.792. The molecule has 10 nitrogen and oxygen atoms in total. The first-order valence-electron chi connectivity index (χ1n) is 12.0. The molecule has 34 heavy (non-hydrogen) atoms. The van der Waals surface area contributed by atoms with Crippen LogP contribution in [0.15, 0.2) is 0 Å². The van der Waals surface area contributed by atoms with Crippen molar-refractivity contribution in [2.75, 3.05) is 6.54 Å². The Morgan fingerprint density at radius 3 is 2.15 bits per heavy atom. The highest BCUT2D eigenvalue weighted by molar-refractivity contribution is 5.92. The minimum absolute atomic E-state index is 0.112. The van der Waals surface area contributed by atoms with Crippen LogP contribution in [0.4, 0.5) is 4.79 Å². The molecule has 0 aromatic rings. The molecule has 1 saturated heterocycles. The van der Waals surface area contributed by atoms with Crippen molar-refractivity contribution in [1.29, 1.82) is 5.26 Å². The Kier molecular flexibility index (Phi) is 8.92. The third kappa shape index (κ3) is 8.84. The molecule has 1 aliphatic heterocycles. The zero-order valence-electron chi connectivity index (χ0n) is 21.1. The van der Waals surface area contributed by atoms with Gasteiger partial charge in [0.05, 0.1) is 6.07 Å². The van der Waals surface area contributed by atoms with Crippen LogP contribution in [0.2, 0.25) is 0 Å². The van der Waals surface area contributed by atoms with Gasteiger partial charge in [0.2, 0.25) is 17.7 Å². The van der Waals surface area contributed by atoms with Crippen LogP contribution < -0.4 is 21.3 Å². The third-order valence-electron chi connectivity index (χ3n) is 5.84. The zero-order valence-corrected chi connectivity index (χ0v) is 21.1. The second-order valence-electron chi connectivity index (χ2n) is 11.4. The Morgan fingerprint density at radius 1 is 1.03 bits per heavy atom. The Morgan fingerprint density at radius 2 is 1.68 bits per heavy atom. The number of hydrogen-bond acceptors (Lipinski definition) is 6. The molecule has 2 fully saturated rings. The molecule has 0 aromatic heterocycles. The average molecular weight is 478 g/mol. The van der Waals surface area contributed by atoms with Gasteiger partial charge >= 0.3 is 6.09 Å². The number of carbonyl (C=O) groups excluding carboxylic acids is 4. The molecule has 2 aliphatic rings. The molecule has 190 valence electrons. The molecule has 1 aliphatic carbocycles. The van der Waals surface area contributed by atoms with E-state index in [9.17, 15) is 24.4 Å². The lowest BCUT2D eigenvalue weighted by Crippen LogP contribution is -2.58. The van der Waals surface area contributed by atoms with Gasteiger partial charge < -0.3 is 26.0 Å². The van der Waals surface area contributed by atoms with Crippen LogP contribution >= 0.6 is 0 Å². The Labute approximate surface area is 201 Å². The number of rotatable bonds is 9. The number of nitriles is 1. The summed E-state index contributed by atoms with van der Waals surface area (Å²) in [7, 11) is 0. The van der Waals surface area contributed by atoms with Crippen molar-refractivity contribution < 1.29 is 23.9 Å². The minimum Gasteiger partial charge on any atom is -0.444 e. The first-order valence-corrected chi connectivity index (χ1v) is 12.0. The smallest absolute Gasteiger partial charge is 0.408 e. The van der Waals surface area contributed by atoms with E-state index in [4.69, 9.17) is 4.74 Å². The molecule has 1 heterocycles. The molecule has 0 aromatic carbocycles. The number of nitrogens with one attached hydrogen (secondary N) is 4. The van der Waals surface area contributed by atoms with Crippen LogP contribution in [0, 0.1) is 28.6 Å². The van der Waals surface area contributed by atoms with Crippen molar-refractivity contribution in [3.63, 3.8) is 0 Å². The Hall–Kier alpha value is -2.83. The first-order chi connectivity index (χ1) is 15.7. The van der Waals surface area contributed by atoms with E-state index in [2.05, 4.69) is 27.3 Å². The second-order valence-corrected chi connectivity index (χ2v) is 11.4. The maximum Gasteiger partial charge on any atom is 0.408 e. The number of carbonyl (C=O) groups is 4. The van der Waals surface area contributed by atoms with E-state index in [1.165, 1.54) is 0 Å². The van der Waals surface area contributed by atoms with Gasteiger partial charge in [0.15, 0.2) is 0 Å². The lowest BCUT2D eigenvalue weighted by molar-refractivity contribution is -0.132. The third-order valence-corrected chi connectivity index (χ3v) is 5.84. The summed E-state index contributed by atoms with van der Waals surface area (Å²) in [6, 6.07) is -0.568. The van der Waals surface area contributed by atoms with Gasteiger partial charge in [-0.3, -0.25) is 14.4 Å². The maximum atomic E-state index is 13.2. The normalized spacial score (nSPS) is 20.9. The van der Waals surface area contributed by atoms with Gasteiger partial charge in [0, 0.05) is 12.5 Å². The SMILES string of the molecule is CC(C)(C)OC(=O)N[C@H](C(=O)N[C@@H](CC1CC1)C(=O)N[C@H](C#N)C[C@@H]1CCNC1=O)C(C)(C)C. The molecule has 4 atom stereocenters. The highest BCUT2D eigenvalue weighted by Gasteiger charge is 2.38. The van der Waals surface area contributed by atoms with E-state index < -0.39 is 47.0 Å². The monoisotopic (exact) mass is 477 g/mol. The van der Waals surface area contributed by atoms with Crippen molar-refractivity contribution in [1.82, 2.24) is 21.3 Å². The highest BCUT2D eigenvalue weighted by Crippen LogP contribution is 2.34. The van der Waals surface area contributed by atoms with Gasteiger partial charge in [-0.25, -0.2) is 4.79 Å². The van der Waals surface area contributed by atoms with Crippen LogP contribution in [0.3, 0.4) is 0 Å². The van der Waals surface area contributed by atoms with E-state index in [1.54, 1.807) is 20.8 Å². The average Bonchev–Trinajstić information content (AvgIpc) is 3.43. The highest BCUT2D eigenvalue weighted by atomic mass is 16.6. The van der Waals surface area contributed by atoms with Crippen LogP contribution in [0.1, 0.15) is 73.6 Å². The molecule has 0 bridgehead atoms. The van der Waals surface area contributed by atoms with Gasteiger partial charge in [0.25, 0.3) is 0 Å². The second kappa shape index (κ2) is 11.1. The summed E-state index contributed by atoms with van der Waals surface area (Å²) in [5.41, 5.74) is -1.37. The number of amides is 4. The molecular weight excluding hydrogens is 438 g/mol. The fourth-order valence-corrected chi connectivity index (χ4v) is 3.84. The Bertz CT molecular complexity index is 819. The first kappa shape index (κ1) is 27.4. The van der Waals surface area contributed by atoms with E-state index in [-0.39, 0.29) is 18.2 Å². The van der Waals surface area contributed by atoms with E-state index >= 15 is 0 Å². The van der Waals surface area contributed by atoms with Gasteiger partial charge in [-0.2, -0.15) is 5.26 Å². The lowest BCUT2D eigenvalue weighted by atomic mass is 9.86. The van der Waals surface area contributed by atoms with Crippen LogP contribution in [0.5, 0.6) is 0 Å². The largest absolute Gasteiger partial charge is 0.444 e. The fourth-order valence-electron chi connectivity index (χ4n) is 3.84. The molecule has 0 unspecified atom stereocenters. The summed E-state index contributed by atoms with van der Waals surface area (Å²) in [4.78, 5) is 50.5. The molecule has 4 N–H and O–H groups in total. The predicted molar refractivity (Wildman–Crippen MR) is 125 cm³/mol. The summed E-state index contributed by atoms with van der Waals surface area (Å²) in [6.07, 6.45) is 2.53.